The van der Waals surface area contributed by atoms with Crippen molar-refractivity contribution in [2.75, 3.05) is 20.8 Å². The van der Waals surface area contributed by atoms with Crippen LogP contribution in [0.15, 0.2) is 42.5 Å². The fraction of sp³-hybridized carbons (Fsp3) is 0.368. The van der Waals surface area contributed by atoms with Gasteiger partial charge in [0.25, 0.3) is 5.92 Å². The second-order valence-electron chi connectivity index (χ2n) is 6.05. The van der Waals surface area contributed by atoms with Crippen LogP contribution < -0.4 is 9.47 Å². The van der Waals surface area contributed by atoms with E-state index in [-0.39, 0.29) is 18.2 Å². The minimum atomic E-state index is -2.86. The highest BCUT2D eigenvalue weighted by Gasteiger charge is 2.43. The van der Waals surface area contributed by atoms with Crippen molar-refractivity contribution in [2.45, 2.75) is 25.4 Å². The SMILES string of the molecule is COc1ccc(CN2CC(F)(F)c3ccccc3C2C)c(OC)c1. The molecule has 1 heterocycles. The third-order valence-corrected chi connectivity index (χ3v) is 4.62. The Morgan fingerprint density at radius 2 is 1.88 bits per heavy atom. The molecule has 2 aromatic carbocycles. The lowest BCUT2D eigenvalue weighted by molar-refractivity contribution is -0.0645. The molecular weight excluding hydrogens is 312 g/mol. The van der Waals surface area contributed by atoms with E-state index >= 15 is 0 Å². The number of benzene rings is 2. The van der Waals surface area contributed by atoms with Gasteiger partial charge in [-0.25, -0.2) is 0 Å². The minimum absolute atomic E-state index is 0.0902. The minimum Gasteiger partial charge on any atom is -0.497 e. The number of hydrogen-bond donors (Lipinski definition) is 0. The molecule has 0 aromatic heterocycles. The van der Waals surface area contributed by atoms with Gasteiger partial charge in [0.2, 0.25) is 0 Å². The standard InChI is InChI=1S/C19H21F2NO2/c1-13-16-6-4-5-7-17(16)19(20,21)12-22(13)11-14-8-9-15(23-2)10-18(14)24-3/h4-10,13H,11-12H2,1-3H3. The molecule has 5 heteroatoms. The molecule has 0 saturated heterocycles. The van der Waals surface area contributed by atoms with Crippen LogP contribution in [0.1, 0.15) is 29.7 Å². The van der Waals surface area contributed by atoms with Gasteiger partial charge in [0.15, 0.2) is 0 Å². The number of methoxy groups -OCH3 is 2. The Morgan fingerprint density at radius 3 is 2.58 bits per heavy atom. The Balaban J connectivity index is 1.92. The number of hydrogen-bond acceptors (Lipinski definition) is 3. The van der Waals surface area contributed by atoms with Gasteiger partial charge < -0.3 is 9.47 Å². The van der Waals surface area contributed by atoms with Crippen molar-refractivity contribution in [2.24, 2.45) is 0 Å². The largest absolute Gasteiger partial charge is 0.497 e. The third kappa shape index (κ3) is 2.96. The second kappa shape index (κ2) is 6.40. The maximum atomic E-state index is 14.5. The van der Waals surface area contributed by atoms with E-state index in [0.29, 0.717) is 23.6 Å². The molecular formula is C19H21F2NO2. The van der Waals surface area contributed by atoms with Gasteiger partial charge in [-0.2, -0.15) is 8.78 Å². The van der Waals surface area contributed by atoms with Crippen LogP contribution in [0.5, 0.6) is 11.5 Å². The summed E-state index contributed by atoms with van der Waals surface area (Å²) in [6, 6.07) is 12.2. The number of ether oxygens (including phenoxy) is 2. The summed E-state index contributed by atoms with van der Waals surface area (Å²) >= 11 is 0. The van der Waals surface area contributed by atoms with Gasteiger partial charge in [0.1, 0.15) is 11.5 Å². The predicted molar refractivity (Wildman–Crippen MR) is 88.7 cm³/mol. The highest BCUT2D eigenvalue weighted by atomic mass is 19.3. The van der Waals surface area contributed by atoms with Crippen molar-refractivity contribution in [3.63, 3.8) is 0 Å². The topological polar surface area (TPSA) is 21.7 Å². The van der Waals surface area contributed by atoms with Crippen LogP contribution >= 0.6 is 0 Å². The van der Waals surface area contributed by atoms with Crippen LogP contribution in [-0.2, 0) is 12.5 Å². The van der Waals surface area contributed by atoms with Crippen molar-refractivity contribution in [1.29, 1.82) is 0 Å². The summed E-state index contributed by atoms with van der Waals surface area (Å²) in [5, 5.41) is 0. The van der Waals surface area contributed by atoms with Crippen molar-refractivity contribution in [1.82, 2.24) is 4.90 Å². The van der Waals surface area contributed by atoms with Gasteiger partial charge in [-0.1, -0.05) is 30.3 Å². The zero-order chi connectivity index (χ0) is 17.3. The van der Waals surface area contributed by atoms with Gasteiger partial charge in [-0.05, 0) is 18.6 Å². The van der Waals surface area contributed by atoms with Gasteiger partial charge in [0, 0.05) is 29.8 Å². The fourth-order valence-electron chi connectivity index (χ4n) is 3.26. The molecule has 0 fully saturated rings. The van der Waals surface area contributed by atoms with Crippen LogP contribution in [0, 0.1) is 0 Å². The number of nitrogens with zero attached hydrogens (tertiary/aromatic N) is 1. The molecule has 3 nitrogen and oxygen atoms in total. The Hall–Kier alpha value is -2.14. The van der Waals surface area contributed by atoms with Gasteiger partial charge in [-0.3, -0.25) is 4.90 Å². The smallest absolute Gasteiger partial charge is 0.286 e. The number of rotatable bonds is 4. The van der Waals surface area contributed by atoms with Crippen LogP contribution in [0.25, 0.3) is 0 Å². The lowest BCUT2D eigenvalue weighted by Gasteiger charge is -2.39. The zero-order valence-electron chi connectivity index (χ0n) is 14.1. The first-order valence-corrected chi connectivity index (χ1v) is 7.88. The lowest BCUT2D eigenvalue weighted by Crippen LogP contribution is -2.42. The normalized spacial score (nSPS) is 19.6. The van der Waals surface area contributed by atoms with Crippen molar-refractivity contribution >= 4 is 0 Å². The molecule has 3 rings (SSSR count). The molecule has 1 aliphatic rings. The molecule has 0 saturated carbocycles. The molecule has 0 N–H and O–H groups in total. The summed E-state index contributed by atoms with van der Waals surface area (Å²) < 4.78 is 39.6. The molecule has 1 unspecified atom stereocenters. The summed E-state index contributed by atoms with van der Waals surface area (Å²) in [6.45, 7) is 2.04. The molecule has 1 aliphatic heterocycles. The zero-order valence-corrected chi connectivity index (χ0v) is 14.1. The highest BCUT2D eigenvalue weighted by Crippen LogP contribution is 2.42. The number of halogens is 2. The summed E-state index contributed by atoms with van der Waals surface area (Å²) in [7, 11) is 3.15. The quantitative estimate of drug-likeness (QED) is 0.829. The van der Waals surface area contributed by atoms with Crippen LogP contribution in [-0.4, -0.2) is 25.7 Å². The van der Waals surface area contributed by atoms with Gasteiger partial charge >= 0.3 is 0 Å². The average Bonchev–Trinajstić information content (AvgIpc) is 2.59. The maximum Gasteiger partial charge on any atom is 0.286 e. The summed E-state index contributed by atoms with van der Waals surface area (Å²) in [6.07, 6.45) is 0. The monoisotopic (exact) mass is 333 g/mol. The first kappa shape index (κ1) is 16.7. The Labute approximate surface area is 140 Å². The first-order chi connectivity index (χ1) is 11.5. The lowest BCUT2D eigenvalue weighted by atomic mass is 9.90. The average molecular weight is 333 g/mol. The molecule has 0 spiro atoms. The van der Waals surface area contributed by atoms with Crippen LogP contribution in [0.4, 0.5) is 8.78 Å². The molecule has 128 valence electrons. The van der Waals surface area contributed by atoms with Gasteiger partial charge in [-0.15, -0.1) is 0 Å². The van der Waals surface area contributed by atoms with E-state index in [1.807, 2.05) is 25.1 Å². The van der Waals surface area contributed by atoms with Crippen molar-refractivity contribution in [3.8, 4) is 11.5 Å². The van der Waals surface area contributed by atoms with E-state index < -0.39 is 5.92 Å². The summed E-state index contributed by atoms with van der Waals surface area (Å²) in [5.41, 5.74) is 1.68. The number of fused-ring (bicyclic) bond motifs is 1. The molecule has 0 amide bonds. The molecule has 0 radical (unpaired) electrons. The third-order valence-electron chi connectivity index (χ3n) is 4.62. The first-order valence-electron chi connectivity index (χ1n) is 7.88. The van der Waals surface area contributed by atoms with E-state index in [2.05, 4.69) is 0 Å². The van der Waals surface area contributed by atoms with E-state index in [1.165, 1.54) is 6.07 Å². The van der Waals surface area contributed by atoms with E-state index in [9.17, 15) is 8.78 Å². The Morgan fingerprint density at radius 1 is 1.12 bits per heavy atom. The highest BCUT2D eigenvalue weighted by molar-refractivity contribution is 5.41. The fourth-order valence-corrected chi connectivity index (χ4v) is 3.26. The maximum absolute atomic E-state index is 14.5. The van der Waals surface area contributed by atoms with Crippen LogP contribution in [0.3, 0.4) is 0 Å². The van der Waals surface area contributed by atoms with E-state index in [0.717, 1.165) is 5.56 Å². The van der Waals surface area contributed by atoms with Crippen molar-refractivity contribution < 1.29 is 18.3 Å². The van der Waals surface area contributed by atoms with Crippen LogP contribution in [0.2, 0.25) is 0 Å². The molecule has 1 atom stereocenters. The number of alkyl halides is 2. The summed E-state index contributed by atoms with van der Waals surface area (Å²) in [4.78, 5) is 1.78. The Bertz CT molecular complexity index is 733. The molecule has 2 aromatic rings. The second-order valence-corrected chi connectivity index (χ2v) is 6.05. The van der Waals surface area contributed by atoms with E-state index in [4.69, 9.17) is 9.47 Å². The molecule has 24 heavy (non-hydrogen) atoms. The molecule has 0 bridgehead atoms. The Kier molecular flexibility index (Phi) is 4.45. The molecule has 0 aliphatic carbocycles. The summed E-state index contributed by atoms with van der Waals surface area (Å²) in [5.74, 6) is -1.54. The predicted octanol–water partition coefficient (Wildman–Crippen LogP) is 4.37. The van der Waals surface area contributed by atoms with Crippen molar-refractivity contribution in [3.05, 3.63) is 59.2 Å². The van der Waals surface area contributed by atoms with Gasteiger partial charge in [0.05, 0.1) is 20.8 Å². The van der Waals surface area contributed by atoms with E-state index in [1.54, 1.807) is 37.3 Å².